The number of carbonyl (C=O) groups is 1. The van der Waals surface area contributed by atoms with Gasteiger partial charge in [0, 0.05) is 36.6 Å². The van der Waals surface area contributed by atoms with Gasteiger partial charge in [0.25, 0.3) is 0 Å². The normalized spacial score (nSPS) is 16.2. The Bertz CT molecular complexity index is 940. The smallest absolute Gasteiger partial charge is 0.323 e. The quantitative estimate of drug-likeness (QED) is 0.610. The summed E-state index contributed by atoms with van der Waals surface area (Å²) in [6, 6.07) is 6.15. The number of rotatable bonds is 9. The predicted octanol–water partition coefficient (Wildman–Crippen LogP) is 4.22. The molecule has 8 heteroatoms. The SMILES string of the molecule is CCN(CC)CCOc1ccc(Nc2ncc3c(n2)N(C2CCCC2)C(=O)NC3)cc1C. The molecule has 2 aromatic rings. The molecule has 1 saturated carbocycles. The standard InChI is InChI=1S/C24H34N6O2/c1-4-29(5-2)12-13-32-21-11-10-19(14-17(21)3)27-23-25-15-18-16-26-24(31)30(22(18)28-23)20-8-6-7-9-20/h10-11,14-15,20H,4-9,12-13,16H2,1-3H3,(H,26,31)(H,25,27,28). The first-order valence-electron chi connectivity index (χ1n) is 11.7. The molecule has 2 N–H and O–H groups in total. The zero-order valence-corrected chi connectivity index (χ0v) is 19.4. The third-order valence-electron chi connectivity index (χ3n) is 6.40. The summed E-state index contributed by atoms with van der Waals surface area (Å²) >= 11 is 0. The van der Waals surface area contributed by atoms with Gasteiger partial charge in [0.15, 0.2) is 0 Å². The Morgan fingerprint density at radius 3 is 2.75 bits per heavy atom. The number of fused-ring (bicyclic) bond motifs is 1. The maximum absolute atomic E-state index is 12.6. The van der Waals surface area contributed by atoms with Crippen molar-refractivity contribution in [3.05, 3.63) is 35.5 Å². The number of urea groups is 1. The topological polar surface area (TPSA) is 82.6 Å². The third kappa shape index (κ3) is 4.96. The van der Waals surface area contributed by atoms with Crippen LogP contribution < -0.4 is 20.3 Å². The van der Waals surface area contributed by atoms with Crippen molar-refractivity contribution in [1.29, 1.82) is 0 Å². The van der Waals surface area contributed by atoms with Gasteiger partial charge in [-0.3, -0.25) is 4.90 Å². The van der Waals surface area contributed by atoms with Gasteiger partial charge in [-0.25, -0.2) is 9.78 Å². The number of hydrogen-bond acceptors (Lipinski definition) is 6. The maximum atomic E-state index is 12.6. The van der Waals surface area contributed by atoms with Crippen molar-refractivity contribution >= 4 is 23.5 Å². The van der Waals surface area contributed by atoms with Crippen LogP contribution in [-0.4, -0.2) is 53.2 Å². The Kier molecular flexibility index (Phi) is 7.09. The summed E-state index contributed by atoms with van der Waals surface area (Å²) in [6.07, 6.45) is 6.16. The average Bonchev–Trinajstić information content (AvgIpc) is 3.32. The Labute approximate surface area is 190 Å². The second-order valence-electron chi connectivity index (χ2n) is 8.49. The number of amides is 2. The minimum absolute atomic E-state index is 0.0592. The number of benzene rings is 1. The summed E-state index contributed by atoms with van der Waals surface area (Å²) in [5.74, 6) is 2.11. The fourth-order valence-corrected chi connectivity index (χ4v) is 4.49. The molecular formula is C24H34N6O2. The Morgan fingerprint density at radius 2 is 2.03 bits per heavy atom. The molecule has 4 rings (SSSR count). The van der Waals surface area contributed by atoms with Gasteiger partial charge in [0.1, 0.15) is 18.2 Å². The number of ether oxygens (including phenoxy) is 1. The van der Waals surface area contributed by atoms with Gasteiger partial charge in [-0.15, -0.1) is 0 Å². The first-order chi connectivity index (χ1) is 15.6. The summed E-state index contributed by atoms with van der Waals surface area (Å²) in [6.45, 7) is 10.5. The van der Waals surface area contributed by atoms with E-state index in [1.54, 1.807) is 0 Å². The molecule has 1 fully saturated rings. The fraction of sp³-hybridized carbons (Fsp3) is 0.542. The van der Waals surface area contributed by atoms with Crippen LogP contribution in [0.5, 0.6) is 5.75 Å². The van der Waals surface area contributed by atoms with Gasteiger partial charge in [-0.2, -0.15) is 4.98 Å². The highest BCUT2D eigenvalue weighted by Gasteiger charge is 2.33. The summed E-state index contributed by atoms with van der Waals surface area (Å²) in [5.41, 5.74) is 2.90. The van der Waals surface area contributed by atoms with Crippen LogP contribution in [0.15, 0.2) is 24.4 Å². The van der Waals surface area contributed by atoms with Crippen LogP contribution >= 0.6 is 0 Å². The lowest BCUT2D eigenvalue weighted by Crippen LogP contribution is -2.49. The molecule has 2 heterocycles. The number of nitrogens with one attached hydrogen (secondary N) is 2. The van der Waals surface area contributed by atoms with Crippen molar-refractivity contribution in [2.24, 2.45) is 0 Å². The Morgan fingerprint density at radius 1 is 1.25 bits per heavy atom. The van der Waals surface area contributed by atoms with Crippen molar-refractivity contribution in [2.45, 2.75) is 59.0 Å². The van der Waals surface area contributed by atoms with Gasteiger partial charge in [0.05, 0.1) is 0 Å². The van der Waals surface area contributed by atoms with Crippen LogP contribution in [0.1, 0.15) is 50.7 Å². The number of anilines is 3. The van der Waals surface area contributed by atoms with Crippen molar-refractivity contribution in [1.82, 2.24) is 20.2 Å². The van der Waals surface area contributed by atoms with Crippen LogP contribution in [0.2, 0.25) is 0 Å². The van der Waals surface area contributed by atoms with Gasteiger partial charge in [-0.1, -0.05) is 26.7 Å². The van der Waals surface area contributed by atoms with Gasteiger partial charge in [0.2, 0.25) is 5.95 Å². The number of nitrogens with zero attached hydrogens (tertiary/aromatic N) is 4. The molecule has 0 radical (unpaired) electrons. The number of aromatic nitrogens is 2. The third-order valence-corrected chi connectivity index (χ3v) is 6.40. The summed E-state index contributed by atoms with van der Waals surface area (Å²) < 4.78 is 5.98. The summed E-state index contributed by atoms with van der Waals surface area (Å²) in [5, 5.41) is 6.24. The molecule has 0 bridgehead atoms. The van der Waals surface area contributed by atoms with Crippen molar-refractivity contribution < 1.29 is 9.53 Å². The average molecular weight is 439 g/mol. The fourth-order valence-electron chi connectivity index (χ4n) is 4.49. The molecule has 172 valence electrons. The zero-order valence-electron chi connectivity index (χ0n) is 19.4. The van der Waals surface area contributed by atoms with Crippen molar-refractivity contribution in [2.75, 3.05) is 36.5 Å². The molecule has 1 aliphatic heterocycles. The number of aryl methyl sites for hydroxylation is 1. The van der Waals surface area contributed by atoms with Crippen LogP contribution in [-0.2, 0) is 6.54 Å². The van der Waals surface area contributed by atoms with E-state index in [-0.39, 0.29) is 12.1 Å². The molecule has 0 spiro atoms. The van der Waals surface area contributed by atoms with E-state index in [1.807, 2.05) is 36.2 Å². The van der Waals surface area contributed by atoms with Gasteiger partial charge >= 0.3 is 6.03 Å². The van der Waals surface area contributed by atoms with Crippen molar-refractivity contribution in [3.8, 4) is 5.75 Å². The Balaban J connectivity index is 1.45. The highest BCUT2D eigenvalue weighted by atomic mass is 16.5. The minimum Gasteiger partial charge on any atom is -0.492 e. The molecular weight excluding hydrogens is 404 g/mol. The highest BCUT2D eigenvalue weighted by molar-refractivity contribution is 5.94. The molecule has 0 saturated heterocycles. The monoisotopic (exact) mass is 438 g/mol. The van der Waals surface area contributed by atoms with Gasteiger partial charge < -0.3 is 20.3 Å². The minimum atomic E-state index is -0.0592. The van der Waals surface area contributed by atoms with Crippen LogP contribution in [0.3, 0.4) is 0 Å². The molecule has 1 aromatic heterocycles. The van der Waals surface area contributed by atoms with E-state index in [1.165, 1.54) is 0 Å². The molecule has 1 aromatic carbocycles. The van der Waals surface area contributed by atoms with Crippen molar-refractivity contribution in [3.63, 3.8) is 0 Å². The summed E-state index contributed by atoms with van der Waals surface area (Å²) in [7, 11) is 0. The molecule has 32 heavy (non-hydrogen) atoms. The Hall–Kier alpha value is -2.87. The second-order valence-corrected chi connectivity index (χ2v) is 8.49. The van der Waals surface area contributed by atoms with E-state index in [2.05, 4.69) is 34.4 Å². The molecule has 0 unspecified atom stereocenters. The number of hydrogen-bond donors (Lipinski definition) is 2. The predicted molar refractivity (Wildman–Crippen MR) is 127 cm³/mol. The number of carbonyl (C=O) groups excluding carboxylic acids is 1. The van der Waals surface area contributed by atoms with E-state index in [4.69, 9.17) is 9.72 Å². The van der Waals surface area contributed by atoms with Gasteiger partial charge in [-0.05, 0) is 56.6 Å². The molecule has 2 aliphatic rings. The van der Waals surface area contributed by atoms with Crippen LogP contribution in [0.4, 0.5) is 22.2 Å². The largest absolute Gasteiger partial charge is 0.492 e. The first-order valence-corrected chi connectivity index (χ1v) is 11.7. The first kappa shape index (κ1) is 22.3. The molecule has 1 aliphatic carbocycles. The van der Waals surface area contributed by atoms with Crippen LogP contribution in [0.25, 0.3) is 0 Å². The summed E-state index contributed by atoms with van der Waals surface area (Å²) in [4.78, 5) is 26.0. The van der Waals surface area contributed by atoms with Crippen LogP contribution in [0, 0.1) is 6.92 Å². The molecule has 0 atom stereocenters. The van der Waals surface area contributed by atoms with E-state index >= 15 is 0 Å². The molecule has 2 amide bonds. The molecule has 8 nitrogen and oxygen atoms in total. The second kappa shape index (κ2) is 10.2. The lowest BCUT2D eigenvalue weighted by molar-refractivity contribution is 0.222. The maximum Gasteiger partial charge on any atom is 0.323 e. The lowest BCUT2D eigenvalue weighted by Gasteiger charge is -2.33. The van der Waals surface area contributed by atoms with E-state index in [0.29, 0.717) is 19.1 Å². The van der Waals surface area contributed by atoms with E-state index in [9.17, 15) is 4.79 Å². The highest BCUT2D eigenvalue weighted by Crippen LogP contribution is 2.32. The lowest BCUT2D eigenvalue weighted by atomic mass is 10.1. The van der Waals surface area contributed by atoms with E-state index < -0.39 is 0 Å². The van der Waals surface area contributed by atoms with E-state index in [0.717, 1.165) is 73.7 Å². The zero-order chi connectivity index (χ0) is 22.5. The number of likely N-dealkylation sites (N-methyl/N-ethyl adjacent to an activating group) is 1.